The first-order valence-electron chi connectivity index (χ1n) is 13.2. The van der Waals surface area contributed by atoms with Gasteiger partial charge in [0.2, 0.25) is 0 Å². The lowest BCUT2D eigenvalue weighted by Crippen LogP contribution is -1.92. The Morgan fingerprint density at radius 3 is 2.33 bits per heavy atom. The first-order valence-corrected chi connectivity index (χ1v) is 13.2. The maximum Gasteiger partial charge on any atom is 0.165 e. The van der Waals surface area contributed by atoms with Gasteiger partial charge in [-0.2, -0.15) is 0 Å². The maximum absolute atomic E-state index is 5.16. The number of hydrogen-bond acceptors (Lipinski definition) is 3. The number of allylic oxidation sites excluding steroid dienone is 1. The maximum atomic E-state index is 5.16. The SMILES string of the molecule is CC(C)/C=C\c1nc(-c2ccc(-c3cccc(-c4nc5c(nc6ccccn65)c5ccccc45)c3)cc2)c[nH]1. The topological polar surface area (TPSA) is 58.9 Å². The lowest BCUT2D eigenvalue weighted by atomic mass is 9.98. The first kappa shape index (κ1) is 23.1. The Hall–Kier alpha value is -5.03. The zero-order valence-electron chi connectivity index (χ0n) is 21.8. The summed E-state index contributed by atoms with van der Waals surface area (Å²) in [6, 6.07) is 31.6. The predicted octanol–water partition coefficient (Wildman–Crippen LogP) is 8.43. The summed E-state index contributed by atoms with van der Waals surface area (Å²) in [5, 5.41) is 2.21. The van der Waals surface area contributed by atoms with Crippen molar-refractivity contribution < 1.29 is 0 Å². The van der Waals surface area contributed by atoms with Gasteiger partial charge in [0.1, 0.15) is 17.0 Å². The third-order valence-electron chi connectivity index (χ3n) is 7.05. The average Bonchev–Trinajstić information content (AvgIpc) is 3.61. The molecule has 4 aromatic heterocycles. The van der Waals surface area contributed by atoms with Crippen LogP contribution >= 0.6 is 0 Å². The highest BCUT2D eigenvalue weighted by Crippen LogP contribution is 2.34. The van der Waals surface area contributed by atoms with E-state index < -0.39 is 0 Å². The molecule has 7 rings (SSSR count). The van der Waals surface area contributed by atoms with Crippen LogP contribution < -0.4 is 0 Å². The van der Waals surface area contributed by atoms with Crippen LogP contribution in [0.3, 0.4) is 0 Å². The number of pyridine rings is 2. The molecular weight excluding hydrogens is 478 g/mol. The third kappa shape index (κ3) is 4.18. The summed E-state index contributed by atoms with van der Waals surface area (Å²) in [5.41, 5.74) is 9.05. The largest absolute Gasteiger partial charge is 0.344 e. The molecule has 39 heavy (non-hydrogen) atoms. The van der Waals surface area contributed by atoms with Gasteiger partial charge in [-0.05, 0) is 41.3 Å². The Kier molecular flexibility index (Phi) is 5.55. The molecule has 0 spiro atoms. The second-order valence-electron chi connectivity index (χ2n) is 10.2. The third-order valence-corrected chi connectivity index (χ3v) is 7.05. The Bertz CT molecular complexity index is 1990. The van der Waals surface area contributed by atoms with Crippen LogP contribution in [0.2, 0.25) is 0 Å². The number of H-pyrrole nitrogens is 1. The molecule has 7 aromatic rings. The lowest BCUT2D eigenvalue weighted by Gasteiger charge is -2.10. The van der Waals surface area contributed by atoms with E-state index >= 15 is 0 Å². The smallest absolute Gasteiger partial charge is 0.165 e. The molecule has 5 nitrogen and oxygen atoms in total. The number of hydrogen-bond donors (Lipinski definition) is 1. The van der Waals surface area contributed by atoms with Crippen molar-refractivity contribution >= 4 is 33.7 Å². The summed E-state index contributed by atoms with van der Waals surface area (Å²) >= 11 is 0. The van der Waals surface area contributed by atoms with E-state index in [-0.39, 0.29) is 0 Å². The monoisotopic (exact) mass is 505 g/mol. The Balaban J connectivity index is 1.28. The van der Waals surface area contributed by atoms with Gasteiger partial charge in [0.25, 0.3) is 0 Å². The summed E-state index contributed by atoms with van der Waals surface area (Å²) in [5.74, 6) is 1.36. The van der Waals surface area contributed by atoms with Crippen LogP contribution in [-0.2, 0) is 0 Å². The van der Waals surface area contributed by atoms with Crippen molar-refractivity contribution in [3.63, 3.8) is 0 Å². The first-order chi connectivity index (χ1) is 19.1. The number of imidazole rings is 2. The average molecular weight is 506 g/mol. The van der Waals surface area contributed by atoms with E-state index in [0.717, 1.165) is 67.0 Å². The number of aromatic amines is 1. The molecule has 0 unspecified atom stereocenters. The van der Waals surface area contributed by atoms with E-state index in [1.807, 2.05) is 36.7 Å². The minimum Gasteiger partial charge on any atom is -0.344 e. The standard InChI is InChI=1S/C34H27N5/c1-22(2)13-18-30-35-21-29(36-30)24-16-14-23(15-17-24)25-8-7-9-26(20-25)32-27-10-3-4-11-28(27)33-34(38-32)39-19-6-5-12-31(39)37-33/h3-22H,1-2H3,(H,35,36)/b18-13-. The fraction of sp³-hybridized carbons (Fsp3) is 0.0882. The van der Waals surface area contributed by atoms with E-state index in [0.29, 0.717) is 5.92 Å². The Morgan fingerprint density at radius 1 is 0.718 bits per heavy atom. The molecule has 0 aliphatic rings. The van der Waals surface area contributed by atoms with Gasteiger partial charge in [-0.3, -0.25) is 4.40 Å². The number of benzene rings is 3. The van der Waals surface area contributed by atoms with Crippen molar-refractivity contribution in [2.45, 2.75) is 13.8 Å². The van der Waals surface area contributed by atoms with E-state index in [1.54, 1.807) is 0 Å². The second-order valence-corrected chi connectivity index (χ2v) is 10.2. The number of nitrogens with zero attached hydrogens (tertiary/aromatic N) is 4. The highest BCUT2D eigenvalue weighted by Gasteiger charge is 2.15. The summed E-state index contributed by atoms with van der Waals surface area (Å²) in [6.07, 6.45) is 8.17. The Morgan fingerprint density at radius 2 is 1.49 bits per heavy atom. The van der Waals surface area contributed by atoms with Gasteiger partial charge in [0, 0.05) is 34.3 Å². The lowest BCUT2D eigenvalue weighted by molar-refractivity contribution is 0.835. The number of fused-ring (bicyclic) bond motifs is 5. The molecule has 0 aliphatic carbocycles. The van der Waals surface area contributed by atoms with Crippen LogP contribution in [0.25, 0.3) is 67.3 Å². The summed E-state index contributed by atoms with van der Waals surface area (Å²) in [4.78, 5) is 18.0. The van der Waals surface area contributed by atoms with Gasteiger partial charge in [-0.1, -0.05) is 92.7 Å². The zero-order valence-corrected chi connectivity index (χ0v) is 21.8. The molecule has 4 heterocycles. The molecule has 0 amide bonds. The molecular formula is C34H27N5. The van der Waals surface area contributed by atoms with Crippen LogP contribution in [0.4, 0.5) is 0 Å². The van der Waals surface area contributed by atoms with E-state index in [4.69, 9.17) is 15.0 Å². The zero-order chi connectivity index (χ0) is 26.3. The highest BCUT2D eigenvalue weighted by atomic mass is 15.1. The van der Waals surface area contributed by atoms with E-state index in [1.165, 1.54) is 0 Å². The van der Waals surface area contributed by atoms with Gasteiger partial charge in [0.05, 0.1) is 11.4 Å². The van der Waals surface area contributed by atoms with Crippen molar-refractivity contribution in [2.75, 3.05) is 0 Å². The minimum atomic E-state index is 0.489. The van der Waals surface area contributed by atoms with Crippen molar-refractivity contribution in [3.8, 4) is 33.6 Å². The van der Waals surface area contributed by atoms with Gasteiger partial charge in [-0.25, -0.2) is 15.0 Å². The van der Waals surface area contributed by atoms with Crippen molar-refractivity contribution in [1.82, 2.24) is 24.3 Å². The van der Waals surface area contributed by atoms with Crippen molar-refractivity contribution in [1.29, 1.82) is 0 Å². The normalized spacial score (nSPS) is 12.0. The van der Waals surface area contributed by atoms with E-state index in [2.05, 4.69) is 102 Å². The summed E-state index contributed by atoms with van der Waals surface area (Å²) < 4.78 is 2.06. The molecule has 0 fully saturated rings. The molecule has 0 saturated heterocycles. The molecule has 0 atom stereocenters. The van der Waals surface area contributed by atoms with Gasteiger partial charge in [-0.15, -0.1) is 0 Å². The second kappa shape index (κ2) is 9.37. The van der Waals surface area contributed by atoms with E-state index in [9.17, 15) is 0 Å². The molecule has 1 N–H and O–H groups in total. The van der Waals surface area contributed by atoms with Crippen molar-refractivity contribution in [3.05, 3.63) is 115 Å². The van der Waals surface area contributed by atoms with Gasteiger partial charge >= 0.3 is 0 Å². The molecule has 0 bridgehead atoms. The van der Waals surface area contributed by atoms with Crippen LogP contribution in [0.1, 0.15) is 19.7 Å². The van der Waals surface area contributed by atoms with Crippen molar-refractivity contribution in [2.24, 2.45) is 5.92 Å². The van der Waals surface area contributed by atoms with Crippen LogP contribution in [0, 0.1) is 5.92 Å². The summed E-state index contributed by atoms with van der Waals surface area (Å²) in [6.45, 7) is 4.31. The molecule has 5 heteroatoms. The fourth-order valence-electron chi connectivity index (χ4n) is 5.09. The number of aromatic nitrogens is 5. The van der Waals surface area contributed by atoms with Gasteiger partial charge in [0.15, 0.2) is 5.65 Å². The van der Waals surface area contributed by atoms with Crippen LogP contribution in [0.5, 0.6) is 0 Å². The highest BCUT2D eigenvalue weighted by molar-refractivity contribution is 6.09. The van der Waals surface area contributed by atoms with Gasteiger partial charge < -0.3 is 4.98 Å². The number of nitrogens with one attached hydrogen (secondary N) is 1. The minimum absolute atomic E-state index is 0.489. The molecule has 188 valence electrons. The van der Waals surface area contributed by atoms with Crippen LogP contribution in [-0.4, -0.2) is 24.3 Å². The predicted molar refractivity (Wildman–Crippen MR) is 160 cm³/mol. The Labute approximate surface area is 226 Å². The quantitative estimate of drug-likeness (QED) is 0.255. The molecule has 0 aliphatic heterocycles. The molecule has 0 saturated carbocycles. The molecule has 3 aromatic carbocycles. The fourth-order valence-corrected chi connectivity index (χ4v) is 5.09. The van der Waals surface area contributed by atoms with Crippen LogP contribution in [0.15, 0.2) is 109 Å². The summed E-state index contributed by atoms with van der Waals surface area (Å²) in [7, 11) is 0. The molecule has 0 radical (unpaired) electrons. The number of rotatable bonds is 5.